The zero-order chi connectivity index (χ0) is 8.81. The number of alkyl halides is 1. The number of rotatable bonds is 3. The molecule has 0 aliphatic carbocycles. The molecule has 12 heavy (non-hydrogen) atoms. The molecule has 0 N–H and O–H groups in total. The lowest BCUT2D eigenvalue weighted by Gasteiger charge is -1.97. The maximum Gasteiger partial charge on any atom is 0.172 e. The minimum absolute atomic E-state index is 0.368. The first-order chi connectivity index (χ1) is 5.88. The predicted molar refractivity (Wildman–Crippen MR) is 48.2 cm³/mol. The molecule has 62 valence electrons. The number of aromatic nitrogens is 2. The van der Waals surface area contributed by atoms with Crippen molar-refractivity contribution in [1.29, 1.82) is 5.26 Å². The lowest BCUT2D eigenvalue weighted by molar-refractivity contribution is 1.03. The fourth-order valence-electron chi connectivity index (χ4n) is 0.643. The highest BCUT2D eigenvalue weighted by molar-refractivity contribution is 7.99. The van der Waals surface area contributed by atoms with E-state index < -0.39 is 0 Å². The number of nitriles is 1. The van der Waals surface area contributed by atoms with E-state index in [-0.39, 0.29) is 0 Å². The van der Waals surface area contributed by atoms with Crippen molar-refractivity contribution in [3.63, 3.8) is 0 Å². The largest absolute Gasteiger partial charge is 0.245 e. The van der Waals surface area contributed by atoms with Gasteiger partial charge < -0.3 is 0 Å². The third kappa shape index (κ3) is 2.36. The summed E-state index contributed by atoms with van der Waals surface area (Å²) in [5, 5.41) is 9.27. The third-order valence-corrected chi connectivity index (χ3v) is 2.48. The molecule has 0 saturated heterocycles. The third-order valence-electron chi connectivity index (χ3n) is 1.09. The molecule has 1 heterocycles. The minimum atomic E-state index is 0.368. The number of halogens is 1. The molecule has 0 aliphatic rings. The highest BCUT2D eigenvalue weighted by Crippen LogP contribution is 2.16. The van der Waals surface area contributed by atoms with Crippen LogP contribution in [0.2, 0.25) is 0 Å². The molecule has 5 heteroatoms. The molecule has 0 aromatic carbocycles. The molecular weight excluding hydrogens is 194 g/mol. The molecule has 0 fully saturated rings. The van der Waals surface area contributed by atoms with Crippen LogP contribution in [0.3, 0.4) is 0 Å². The summed E-state index contributed by atoms with van der Waals surface area (Å²) < 4.78 is 0. The Morgan fingerprint density at radius 2 is 2.25 bits per heavy atom. The van der Waals surface area contributed by atoms with Gasteiger partial charge >= 0.3 is 0 Å². The van der Waals surface area contributed by atoms with Gasteiger partial charge in [0.1, 0.15) is 11.1 Å². The van der Waals surface area contributed by atoms with E-state index in [0.29, 0.717) is 16.6 Å². The normalized spacial score (nSPS) is 9.33. The SMILES string of the molecule is N#Cc1nccnc1SCCCl. The first-order valence-corrected chi connectivity index (χ1v) is 4.80. The average molecular weight is 200 g/mol. The maximum atomic E-state index is 8.62. The molecule has 1 rings (SSSR count). The van der Waals surface area contributed by atoms with E-state index in [4.69, 9.17) is 16.9 Å². The van der Waals surface area contributed by atoms with Crippen LogP contribution in [-0.4, -0.2) is 21.6 Å². The number of hydrogen-bond acceptors (Lipinski definition) is 4. The van der Waals surface area contributed by atoms with E-state index in [0.717, 1.165) is 5.75 Å². The van der Waals surface area contributed by atoms with Crippen LogP contribution in [0, 0.1) is 11.3 Å². The van der Waals surface area contributed by atoms with Crippen LogP contribution in [-0.2, 0) is 0 Å². The van der Waals surface area contributed by atoms with Gasteiger partial charge in [-0.25, -0.2) is 9.97 Å². The van der Waals surface area contributed by atoms with Crippen LogP contribution in [0.25, 0.3) is 0 Å². The van der Waals surface area contributed by atoms with Gasteiger partial charge in [-0.05, 0) is 0 Å². The zero-order valence-electron chi connectivity index (χ0n) is 6.20. The van der Waals surface area contributed by atoms with Crippen LogP contribution >= 0.6 is 23.4 Å². The quantitative estimate of drug-likeness (QED) is 0.549. The van der Waals surface area contributed by atoms with Gasteiger partial charge in [-0.1, -0.05) is 0 Å². The topological polar surface area (TPSA) is 49.6 Å². The molecule has 0 amide bonds. The van der Waals surface area contributed by atoms with E-state index in [2.05, 4.69) is 9.97 Å². The monoisotopic (exact) mass is 199 g/mol. The lowest BCUT2D eigenvalue weighted by Crippen LogP contribution is -1.91. The van der Waals surface area contributed by atoms with Crippen LogP contribution in [0.5, 0.6) is 0 Å². The Hall–Kier alpha value is -0.790. The number of nitrogens with zero attached hydrogens (tertiary/aromatic N) is 3. The van der Waals surface area contributed by atoms with Crippen LogP contribution in [0.1, 0.15) is 5.69 Å². The summed E-state index contributed by atoms with van der Waals surface area (Å²) >= 11 is 6.94. The Kier molecular flexibility index (Phi) is 3.85. The molecule has 0 atom stereocenters. The molecule has 1 aromatic heterocycles. The van der Waals surface area contributed by atoms with Gasteiger partial charge in [0.15, 0.2) is 5.69 Å². The summed E-state index contributed by atoms with van der Waals surface area (Å²) in [6.07, 6.45) is 3.07. The average Bonchev–Trinajstić information content (AvgIpc) is 2.15. The summed E-state index contributed by atoms with van der Waals surface area (Å²) in [6.45, 7) is 0. The van der Waals surface area contributed by atoms with Gasteiger partial charge in [0.05, 0.1) is 0 Å². The summed E-state index contributed by atoms with van der Waals surface area (Å²) in [7, 11) is 0. The Morgan fingerprint density at radius 1 is 1.50 bits per heavy atom. The highest BCUT2D eigenvalue weighted by atomic mass is 35.5. The van der Waals surface area contributed by atoms with E-state index in [1.165, 1.54) is 18.0 Å². The smallest absolute Gasteiger partial charge is 0.172 e. The number of hydrogen-bond donors (Lipinski definition) is 0. The van der Waals surface area contributed by atoms with Crippen LogP contribution in [0.15, 0.2) is 17.4 Å². The fourth-order valence-corrected chi connectivity index (χ4v) is 1.52. The molecular formula is C7H6ClN3S. The minimum Gasteiger partial charge on any atom is -0.245 e. The van der Waals surface area contributed by atoms with Crippen molar-refractivity contribution in [3.05, 3.63) is 18.1 Å². The van der Waals surface area contributed by atoms with Crippen LogP contribution in [0.4, 0.5) is 0 Å². The van der Waals surface area contributed by atoms with Crippen LogP contribution < -0.4 is 0 Å². The van der Waals surface area contributed by atoms with Crippen molar-refractivity contribution in [2.45, 2.75) is 5.03 Å². The number of thioether (sulfide) groups is 1. The Bertz CT molecular complexity index is 297. The van der Waals surface area contributed by atoms with Crippen molar-refractivity contribution >= 4 is 23.4 Å². The molecule has 1 aromatic rings. The van der Waals surface area contributed by atoms with Crippen molar-refractivity contribution in [3.8, 4) is 6.07 Å². The molecule has 0 saturated carbocycles. The summed E-state index contributed by atoms with van der Waals surface area (Å²) in [4.78, 5) is 7.87. The van der Waals surface area contributed by atoms with Crippen molar-refractivity contribution in [2.24, 2.45) is 0 Å². The van der Waals surface area contributed by atoms with E-state index >= 15 is 0 Å². The maximum absolute atomic E-state index is 8.62. The molecule has 0 bridgehead atoms. The van der Waals surface area contributed by atoms with Gasteiger partial charge in [-0.15, -0.1) is 23.4 Å². The van der Waals surface area contributed by atoms with E-state index in [1.54, 1.807) is 6.20 Å². The van der Waals surface area contributed by atoms with Gasteiger partial charge in [0, 0.05) is 24.0 Å². The van der Waals surface area contributed by atoms with Crippen molar-refractivity contribution < 1.29 is 0 Å². The van der Waals surface area contributed by atoms with Gasteiger partial charge in [0.25, 0.3) is 0 Å². The lowest BCUT2D eigenvalue weighted by atomic mass is 10.5. The predicted octanol–water partition coefficient (Wildman–Crippen LogP) is 1.68. The first-order valence-electron chi connectivity index (χ1n) is 3.28. The van der Waals surface area contributed by atoms with Crippen molar-refractivity contribution in [1.82, 2.24) is 9.97 Å². The first kappa shape index (κ1) is 9.30. The van der Waals surface area contributed by atoms with Gasteiger partial charge in [-0.3, -0.25) is 0 Å². The molecule has 0 aliphatic heterocycles. The molecule has 0 unspecified atom stereocenters. The van der Waals surface area contributed by atoms with Gasteiger partial charge in [-0.2, -0.15) is 5.26 Å². The highest BCUT2D eigenvalue weighted by Gasteiger charge is 2.02. The molecule has 3 nitrogen and oxygen atoms in total. The summed E-state index contributed by atoms with van der Waals surface area (Å²) in [6, 6.07) is 1.97. The Labute approximate surface area is 79.8 Å². The summed E-state index contributed by atoms with van der Waals surface area (Å²) in [5.74, 6) is 1.29. The summed E-state index contributed by atoms with van der Waals surface area (Å²) in [5.41, 5.74) is 0.368. The zero-order valence-corrected chi connectivity index (χ0v) is 7.77. The fraction of sp³-hybridized carbons (Fsp3) is 0.286. The second kappa shape index (κ2) is 4.96. The van der Waals surface area contributed by atoms with Gasteiger partial charge in [0.2, 0.25) is 0 Å². The second-order valence-corrected chi connectivity index (χ2v) is 3.32. The molecule has 0 radical (unpaired) electrons. The standard InChI is InChI=1S/C7H6ClN3S/c8-1-4-12-7-6(5-9)10-2-3-11-7/h2-3H,1,4H2. The molecule has 0 spiro atoms. The van der Waals surface area contributed by atoms with E-state index in [9.17, 15) is 0 Å². The van der Waals surface area contributed by atoms with E-state index in [1.807, 2.05) is 6.07 Å². The Balaban J connectivity index is 2.77. The second-order valence-electron chi connectivity index (χ2n) is 1.86. The Morgan fingerprint density at radius 3 is 2.92 bits per heavy atom. The van der Waals surface area contributed by atoms with Crippen molar-refractivity contribution in [2.75, 3.05) is 11.6 Å².